The molecule has 0 radical (unpaired) electrons. The number of carbonyl (C=O) groups excluding carboxylic acids is 1. The van der Waals surface area contributed by atoms with E-state index in [1.165, 1.54) is 6.20 Å². The molecule has 0 bridgehead atoms. The van der Waals surface area contributed by atoms with E-state index in [1.54, 1.807) is 4.68 Å². The highest BCUT2D eigenvalue weighted by molar-refractivity contribution is 14.1. The first-order valence-corrected chi connectivity index (χ1v) is 7.50. The number of nitrogens with zero attached hydrogens (tertiary/aromatic N) is 2. The number of halogens is 3. The van der Waals surface area contributed by atoms with E-state index in [-0.39, 0.29) is 5.78 Å². The Bertz CT molecular complexity index is 612. The Hall–Kier alpha value is -0.400. The van der Waals surface area contributed by atoms with E-state index in [4.69, 9.17) is 11.6 Å². The molecule has 0 fully saturated rings. The molecule has 0 saturated heterocycles. The van der Waals surface area contributed by atoms with Crippen LogP contribution in [0.3, 0.4) is 0 Å². The van der Waals surface area contributed by atoms with Crippen LogP contribution in [0.4, 0.5) is 0 Å². The summed E-state index contributed by atoms with van der Waals surface area (Å²) in [5, 5.41) is 4.46. The fourth-order valence-corrected chi connectivity index (χ4v) is 2.77. The van der Waals surface area contributed by atoms with Crippen molar-refractivity contribution in [1.82, 2.24) is 9.78 Å². The molecule has 0 spiro atoms. The number of rotatable bonds is 3. The molecule has 3 nitrogen and oxygen atoms in total. The number of aromatic nitrogens is 2. The molecule has 18 heavy (non-hydrogen) atoms. The lowest BCUT2D eigenvalue weighted by molar-refractivity contribution is 0.102. The van der Waals surface area contributed by atoms with Gasteiger partial charge in [-0.15, -0.1) is 0 Å². The molecule has 1 aromatic heterocycles. The van der Waals surface area contributed by atoms with Gasteiger partial charge in [0.1, 0.15) is 5.69 Å². The third kappa shape index (κ3) is 2.62. The molecule has 2 rings (SSSR count). The van der Waals surface area contributed by atoms with Crippen molar-refractivity contribution in [3.63, 3.8) is 0 Å². The van der Waals surface area contributed by atoms with Crippen molar-refractivity contribution in [2.75, 3.05) is 0 Å². The fraction of sp³-hybridized carbons (Fsp3) is 0.167. The molecular weight excluding hydrogens is 430 g/mol. The Labute approximate surface area is 132 Å². The second-order valence-electron chi connectivity index (χ2n) is 3.61. The van der Waals surface area contributed by atoms with Crippen molar-refractivity contribution >= 4 is 55.9 Å². The average Bonchev–Trinajstić information content (AvgIpc) is 2.72. The lowest BCUT2D eigenvalue weighted by Crippen LogP contribution is -2.11. The van der Waals surface area contributed by atoms with Gasteiger partial charge in [-0.2, -0.15) is 5.10 Å². The Balaban J connectivity index is 2.54. The first-order valence-electron chi connectivity index (χ1n) is 5.25. The van der Waals surface area contributed by atoms with Crippen molar-refractivity contribution in [1.29, 1.82) is 0 Å². The zero-order chi connectivity index (χ0) is 13.3. The average molecular weight is 439 g/mol. The summed E-state index contributed by atoms with van der Waals surface area (Å²) in [6.07, 6.45) is 1.50. The molecular formula is C12H9BrClIN2O. The van der Waals surface area contributed by atoms with Crippen molar-refractivity contribution in [3.8, 4) is 0 Å². The fourth-order valence-electron chi connectivity index (χ4n) is 1.63. The minimum Gasteiger partial charge on any atom is -0.287 e. The van der Waals surface area contributed by atoms with Gasteiger partial charge in [-0.05, 0) is 47.7 Å². The second kappa shape index (κ2) is 5.71. The van der Waals surface area contributed by atoms with E-state index in [0.29, 0.717) is 22.8 Å². The number of benzene rings is 1. The van der Waals surface area contributed by atoms with Gasteiger partial charge in [0.2, 0.25) is 5.78 Å². The van der Waals surface area contributed by atoms with Crippen LogP contribution in [0.25, 0.3) is 0 Å². The van der Waals surface area contributed by atoms with Crippen LogP contribution < -0.4 is 0 Å². The summed E-state index contributed by atoms with van der Waals surface area (Å²) in [6, 6.07) is 5.62. The summed E-state index contributed by atoms with van der Waals surface area (Å²) < 4.78 is 3.36. The normalized spacial score (nSPS) is 10.7. The number of carbonyl (C=O) groups is 1. The van der Waals surface area contributed by atoms with Gasteiger partial charge in [0.25, 0.3) is 0 Å². The summed E-state index contributed by atoms with van der Waals surface area (Å²) in [6.45, 7) is 2.53. The summed E-state index contributed by atoms with van der Waals surface area (Å²) in [7, 11) is 0. The Morgan fingerprint density at radius 2 is 2.28 bits per heavy atom. The SMILES string of the molecule is CCn1ncc(Cl)c1C(=O)c1cc(I)ccc1Br. The Morgan fingerprint density at radius 1 is 1.56 bits per heavy atom. The maximum atomic E-state index is 12.5. The van der Waals surface area contributed by atoms with Crippen LogP contribution in [0.1, 0.15) is 23.0 Å². The second-order valence-corrected chi connectivity index (χ2v) is 6.12. The highest BCUT2D eigenvalue weighted by atomic mass is 127. The van der Waals surface area contributed by atoms with Crippen molar-refractivity contribution in [3.05, 3.63) is 48.7 Å². The maximum absolute atomic E-state index is 12.5. The number of aryl methyl sites for hydroxylation is 1. The molecule has 1 heterocycles. The van der Waals surface area contributed by atoms with Crippen LogP contribution in [-0.4, -0.2) is 15.6 Å². The van der Waals surface area contributed by atoms with E-state index in [1.807, 2.05) is 25.1 Å². The van der Waals surface area contributed by atoms with Crippen LogP contribution in [0.5, 0.6) is 0 Å². The van der Waals surface area contributed by atoms with Crippen LogP contribution in [0.2, 0.25) is 5.02 Å². The topological polar surface area (TPSA) is 34.9 Å². The van der Waals surface area contributed by atoms with E-state index in [0.717, 1.165) is 8.04 Å². The smallest absolute Gasteiger partial charge is 0.213 e. The first kappa shape index (κ1) is 14.0. The quantitative estimate of drug-likeness (QED) is 0.532. The van der Waals surface area contributed by atoms with Crippen LogP contribution in [-0.2, 0) is 6.54 Å². The highest BCUT2D eigenvalue weighted by Crippen LogP contribution is 2.25. The maximum Gasteiger partial charge on any atom is 0.213 e. The molecule has 0 aliphatic rings. The van der Waals surface area contributed by atoms with Crippen molar-refractivity contribution < 1.29 is 4.79 Å². The summed E-state index contributed by atoms with van der Waals surface area (Å²) in [5.74, 6) is -0.121. The molecule has 2 aromatic rings. The molecule has 0 atom stereocenters. The number of hydrogen-bond donors (Lipinski definition) is 0. The Morgan fingerprint density at radius 3 is 2.94 bits per heavy atom. The standard InChI is InChI=1S/C12H9BrClIN2O/c1-2-17-11(10(14)6-16-17)12(18)8-5-7(15)3-4-9(8)13/h3-6H,2H2,1H3. The van der Waals surface area contributed by atoms with Gasteiger partial charge in [-0.3, -0.25) is 9.48 Å². The van der Waals surface area contributed by atoms with Gasteiger partial charge < -0.3 is 0 Å². The molecule has 0 N–H and O–H groups in total. The summed E-state index contributed by atoms with van der Waals surface area (Å²) >= 11 is 11.6. The van der Waals surface area contributed by atoms with Crippen LogP contribution in [0, 0.1) is 3.57 Å². The molecule has 0 unspecified atom stereocenters. The molecule has 6 heteroatoms. The summed E-state index contributed by atoms with van der Waals surface area (Å²) in [4.78, 5) is 12.5. The minimum atomic E-state index is -0.121. The van der Waals surface area contributed by atoms with Gasteiger partial charge in [0.15, 0.2) is 0 Å². The lowest BCUT2D eigenvalue weighted by atomic mass is 10.1. The Kier molecular flexibility index (Phi) is 4.45. The largest absolute Gasteiger partial charge is 0.287 e. The van der Waals surface area contributed by atoms with E-state index in [9.17, 15) is 4.79 Å². The molecule has 0 amide bonds. The van der Waals surface area contributed by atoms with E-state index >= 15 is 0 Å². The predicted octanol–water partition coefficient (Wildman–Crippen LogP) is 4.15. The van der Waals surface area contributed by atoms with Gasteiger partial charge >= 0.3 is 0 Å². The van der Waals surface area contributed by atoms with Gasteiger partial charge in [0.05, 0.1) is 11.2 Å². The van der Waals surface area contributed by atoms with E-state index in [2.05, 4.69) is 43.6 Å². The van der Waals surface area contributed by atoms with Crippen LogP contribution >= 0.6 is 50.1 Å². The molecule has 0 aliphatic heterocycles. The third-order valence-corrected chi connectivity index (χ3v) is 4.12. The monoisotopic (exact) mass is 438 g/mol. The molecule has 0 aliphatic carbocycles. The highest BCUT2D eigenvalue weighted by Gasteiger charge is 2.20. The predicted molar refractivity (Wildman–Crippen MR) is 83.2 cm³/mol. The van der Waals surface area contributed by atoms with Gasteiger partial charge in [-0.1, -0.05) is 27.5 Å². The number of hydrogen-bond acceptors (Lipinski definition) is 2. The molecule has 0 saturated carbocycles. The van der Waals surface area contributed by atoms with Gasteiger partial charge in [0, 0.05) is 20.2 Å². The van der Waals surface area contributed by atoms with Crippen LogP contribution in [0.15, 0.2) is 28.9 Å². The van der Waals surface area contributed by atoms with Gasteiger partial charge in [-0.25, -0.2) is 0 Å². The van der Waals surface area contributed by atoms with E-state index < -0.39 is 0 Å². The lowest BCUT2D eigenvalue weighted by Gasteiger charge is -2.07. The zero-order valence-electron chi connectivity index (χ0n) is 9.45. The minimum absolute atomic E-state index is 0.121. The zero-order valence-corrected chi connectivity index (χ0v) is 14.0. The summed E-state index contributed by atoms with van der Waals surface area (Å²) in [5.41, 5.74) is 1.03. The first-order chi connectivity index (χ1) is 8.54. The molecule has 1 aromatic carbocycles. The number of ketones is 1. The third-order valence-electron chi connectivity index (χ3n) is 2.48. The van der Waals surface area contributed by atoms with Crippen molar-refractivity contribution in [2.45, 2.75) is 13.5 Å². The van der Waals surface area contributed by atoms with Crippen molar-refractivity contribution in [2.24, 2.45) is 0 Å². The molecule has 94 valence electrons.